The molecule has 12 nitrogen and oxygen atoms in total. The summed E-state index contributed by atoms with van der Waals surface area (Å²) in [6.45, 7) is 12.2. The number of hydrogen-bond donors (Lipinski definition) is 3. The number of ether oxygens (including phenoxy) is 1. The van der Waals surface area contributed by atoms with Gasteiger partial charge in [0.05, 0.1) is 28.6 Å². The van der Waals surface area contributed by atoms with Gasteiger partial charge in [-0.3, -0.25) is 4.68 Å². The van der Waals surface area contributed by atoms with Gasteiger partial charge >= 0.3 is 5.97 Å². The Bertz CT molecular complexity index is 2340. The summed E-state index contributed by atoms with van der Waals surface area (Å²) < 4.78 is 10.1. The molecule has 13 heteroatoms. The monoisotopic (exact) mass is 745 g/mol. The van der Waals surface area contributed by atoms with Crippen molar-refractivity contribution in [1.82, 2.24) is 35.3 Å². The van der Waals surface area contributed by atoms with Crippen molar-refractivity contribution in [3.8, 4) is 11.1 Å². The van der Waals surface area contributed by atoms with Crippen LogP contribution in [0.5, 0.6) is 0 Å². The Morgan fingerprint density at radius 3 is 2.63 bits per heavy atom. The predicted octanol–water partition coefficient (Wildman–Crippen LogP) is 7.45. The van der Waals surface area contributed by atoms with E-state index in [1.807, 2.05) is 55.4 Å². The van der Waals surface area contributed by atoms with Crippen molar-refractivity contribution in [1.29, 1.82) is 0 Å². The number of para-hydroxylation sites is 1. The summed E-state index contributed by atoms with van der Waals surface area (Å²) in [6.07, 6.45) is 9.41. The van der Waals surface area contributed by atoms with Crippen LogP contribution in [0.15, 0.2) is 42.6 Å². The fraction of sp³-hybridized carbons (Fsp3) is 0.512. The number of likely N-dealkylation sites (N-methyl/N-ethyl adjacent to an activating group) is 1. The summed E-state index contributed by atoms with van der Waals surface area (Å²) >= 11 is 1.58. The lowest BCUT2D eigenvalue weighted by Gasteiger charge is -2.82. The second-order valence-corrected chi connectivity index (χ2v) is 18.4. The Kier molecular flexibility index (Phi) is 7.27. The van der Waals surface area contributed by atoms with E-state index in [-0.39, 0.29) is 22.1 Å². The van der Waals surface area contributed by atoms with Crippen LogP contribution in [-0.4, -0.2) is 73.4 Å². The third-order valence-corrected chi connectivity index (χ3v) is 15.2. The van der Waals surface area contributed by atoms with Crippen LogP contribution in [0.4, 0.5) is 22.6 Å². The Morgan fingerprint density at radius 1 is 1.00 bits per heavy atom. The highest BCUT2D eigenvalue weighted by Crippen LogP contribution is 2.95. The Balaban J connectivity index is 0.926. The van der Waals surface area contributed by atoms with Crippen molar-refractivity contribution >= 4 is 50.1 Å². The summed E-state index contributed by atoms with van der Waals surface area (Å²) in [5, 5.41) is 32.1. The van der Waals surface area contributed by atoms with E-state index in [2.05, 4.69) is 52.4 Å². The van der Waals surface area contributed by atoms with E-state index >= 15 is 0 Å². The molecule has 5 unspecified atom stereocenters. The SMILES string of the molecule is CNCCOC12CC3(Cn4ncc(-c5ccc(N6CCCc7c6nnc(Nc6nc8ccccc8s6)c7C)nc5C(=O)O)c4C)CC4(C)CC(C)(C1)C42C3. The van der Waals surface area contributed by atoms with Gasteiger partial charge in [-0.25, -0.2) is 14.8 Å². The molecule has 2 bridgehead atoms. The quantitative estimate of drug-likeness (QED) is 0.116. The number of carboxylic acids is 1. The summed E-state index contributed by atoms with van der Waals surface area (Å²) in [7, 11) is 1.99. The van der Waals surface area contributed by atoms with E-state index in [0.717, 1.165) is 83.1 Å². The lowest BCUT2D eigenvalue weighted by Crippen LogP contribution is -2.81. The molecule has 4 saturated carbocycles. The van der Waals surface area contributed by atoms with Crippen LogP contribution in [0.3, 0.4) is 0 Å². The minimum Gasteiger partial charge on any atom is -0.476 e. The van der Waals surface area contributed by atoms with E-state index in [0.29, 0.717) is 40.4 Å². The van der Waals surface area contributed by atoms with Crippen LogP contribution in [0.2, 0.25) is 0 Å². The highest BCUT2D eigenvalue weighted by molar-refractivity contribution is 7.22. The molecule has 5 heterocycles. The average molecular weight is 746 g/mol. The number of rotatable bonds is 11. The maximum Gasteiger partial charge on any atom is 0.355 e. The van der Waals surface area contributed by atoms with Crippen molar-refractivity contribution in [2.75, 3.05) is 37.0 Å². The smallest absolute Gasteiger partial charge is 0.355 e. The largest absolute Gasteiger partial charge is 0.476 e. The van der Waals surface area contributed by atoms with Gasteiger partial charge in [-0.2, -0.15) is 5.10 Å². The first-order valence-corrected chi connectivity index (χ1v) is 20.1. The number of fused-ring (bicyclic) bond motifs is 3. The first-order valence-electron chi connectivity index (χ1n) is 19.3. The second-order valence-electron chi connectivity index (χ2n) is 17.4. The van der Waals surface area contributed by atoms with Gasteiger partial charge in [0.25, 0.3) is 0 Å². The zero-order valence-corrected chi connectivity index (χ0v) is 32.4. The maximum absolute atomic E-state index is 12.9. The maximum atomic E-state index is 12.9. The number of aromatic carboxylic acids is 1. The standard InChI is InChI=1S/C41H47N9O3S/c1-24-26-9-8-15-49(34(26)48-47-33(24)46-36-44-29-10-6-7-11-30(29)54-36)31-13-12-27(32(45-31)35(51)52)28-17-43-50(25(28)2)23-39-19-37(3)18-38(4)20-40(21-39,41(37,38)22-39)53-16-14-42-5/h6-7,10-13,17,42H,8-9,14-16,18-23H2,1-5H3,(H,51,52)(H,44,46,47). The number of carboxylic acid groups (broad SMARTS) is 1. The number of pyridine rings is 1. The van der Waals surface area contributed by atoms with Crippen molar-refractivity contribution in [3.63, 3.8) is 0 Å². The molecule has 0 saturated heterocycles. The van der Waals surface area contributed by atoms with Gasteiger partial charge in [-0.05, 0) is 106 Å². The molecule has 3 N–H and O–H groups in total. The van der Waals surface area contributed by atoms with Crippen LogP contribution in [-0.2, 0) is 17.7 Å². The number of carbonyl (C=O) groups is 1. The topological polar surface area (TPSA) is 143 Å². The van der Waals surface area contributed by atoms with Gasteiger partial charge in [0.1, 0.15) is 5.82 Å². The number of benzene rings is 1. The van der Waals surface area contributed by atoms with Crippen molar-refractivity contribution in [2.45, 2.75) is 84.8 Å². The van der Waals surface area contributed by atoms with Crippen LogP contribution in [0, 0.1) is 35.5 Å². The molecule has 280 valence electrons. The highest BCUT2D eigenvalue weighted by atomic mass is 32.1. The zero-order valence-electron chi connectivity index (χ0n) is 31.6. The number of nitrogens with one attached hydrogen (secondary N) is 2. The van der Waals surface area contributed by atoms with Gasteiger partial charge in [0.15, 0.2) is 22.5 Å². The molecular weight excluding hydrogens is 699 g/mol. The normalized spacial score (nSPS) is 30.2. The van der Waals surface area contributed by atoms with Gasteiger partial charge in [-0.15, -0.1) is 10.2 Å². The van der Waals surface area contributed by atoms with Crippen LogP contribution < -0.4 is 15.5 Å². The van der Waals surface area contributed by atoms with Crippen molar-refractivity contribution < 1.29 is 14.6 Å². The van der Waals surface area contributed by atoms with Gasteiger partial charge in [0.2, 0.25) is 0 Å². The molecule has 5 atom stereocenters. The van der Waals surface area contributed by atoms with E-state index in [1.165, 1.54) is 19.3 Å². The van der Waals surface area contributed by atoms with E-state index in [1.54, 1.807) is 11.3 Å². The molecule has 0 amide bonds. The molecule has 1 spiro atoms. The van der Waals surface area contributed by atoms with E-state index in [4.69, 9.17) is 19.8 Å². The lowest BCUT2D eigenvalue weighted by molar-refractivity contribution is -0.387. The van der Waals surface area contributed by atoms with Crippen molar-refractivity contribution in [3.05, 3.63) is 65.1 Å². The third-order valence-electron chi connectivity index (χ3n) is 14.2. The lowest BCUT2D eigenvalue weighted by atomic mass is 9.24. The third kappa shape index (κ3) is 4.48. The minimum absolute atomic E-state index is 0.0103. The zero-order chi connectivity index (χ0) is 37.3. The van der Waals surface area contributed by atoms with Gasteiger partial charge in [0, 0.05) is 53.0 Å². The number of nitrogens with zero attached hydrogens (tertiary/aromatic N) is 7. The fourth-order valence-electron chi connectivity index (χ4n) is 12.8. The first-order chi connectivity index (χ1) is 25.9. The van der Waals surface area contributed by atoms with Crippen LogP contribution in [0.1, 0.15) is 79.7 Å². The molecule has 4 fully saturated rings. The van der Waals surface area contributed by atoms with Crippen LogP contribution in [0.25, 0.3) is 21.3 Å². The number of thiazole rings is 1. The van der Waals surface area contributed by atoms with Gasteiger partial charge in [-0.1, -0.05) is 37.3 Å². The van der Waals surface area contributed by atoms with E-state index < -0.39 is 5.97 Å². The summed E-state index contributed by atoms with van der Waals surface area (Å²) in [4.78, 5) is 24.4. The van der Waals surface area contributed by atoms with Crippen LogP contribution >= 0.6 is 11.3 Å². The number of hydrogen-bond acceptors (Lipinski definition) is 11. The number of anilines is 4. The Morgan fingerprint density at radius 2 is 1.83 bits per heavy atom. The summed E-state index contributed by atoms with van der Waals surface area (Å²) in [5.74, 6) is 0.857. The molecule has 4 aliphatic carbocycles. The molecule has 5 aromatic rings. The second kappa shape index (κ2) is 11.5. The highest BCUT2D eigenvalue weighted by Gasteiger charge is 2.93. The molecule has 10 rings (SSSR count). The first kappa shape index (κ1) is 34.1. The Hall–Kier alpha value is -4.46. The van der Waals surface area contributed by atoms with E-state index in [9.17, 15) is 9.90 Å². The minimum atomic E-state index is -1.07. The molecule has 1 aliphatic heterocycles. The summed E-state index contributed by atoms with van der Waals surface area (Å²) in [6, 6.07) is 11.8. The molecule has 5 aliphatic rings. The fourth-order valence-corrected chi connectivity index (χ4v) is 13.7. The molecular formula is C41H47N9O3S. The van der Waals surface area contributed by atoms with Gasteiger partial charge < -0.3 is 25.4 Å². The number of aromatic nitrogens is 6. The predicted molar refractivity (Wildman–Crippen MR) is 209 cm³/mol. The Labute approximate surface area is 318 Å². The molecule has 4 aromatic heterocycles. The summed E-state index contributed by atoms with van der Waals surface area (Å²) in [5.41, 5.74) is 6.33. The van der Waals surface area contributed by atoms with Crippen molar-refractivity contribution in [2.24, 2.45) is 21.7 Å². The molecule has 0 radical (unpaired) electrons. The molecule has 1 aromatic carbocycles. The average Bonchev–Trinajstić information content (AvgIpc) is 3.85. The molecule has 54 heavy (non-hydrogen) atoms.